The van der Waals surface area contributed by atoms with E-state index in [1.807, 2.05) is 0 Å². The molecule has 0 saturated heterocycles. The van der Waals surface area contributed by atoms with Crippen LogP contribution in [0.2, 0.25) is 0 Å². The summed E-state index contributed by atoms with van der Waals surface area (Å²) >= 11 is 0. The molecule has 1 aliphatic carbocycles. The zero-order chi connectivity index (χ0) is 9.68. The summed E-state index contributed by atoms with van der Waals surface area (Å²) in [5.41, 5.74) is 0.979. The van der Waals surface area contributed by atoms with Crippen molar-refractivity contribution < 1.29 is 0 Å². The highest BCUT2D eigenvalue weighted by molar-refractivity contribution is 5.23. The van der Waals surface area contributed by atoms with Crippen LogP contribution in [0.3, 0.4) is 0 Å². The molecule has 1 aliphatic rings. The van der Waals surface area contributed by atoms with Crippen LogP contribution in [0.15, 0.2) is 11.6 Å². The molecule has 0 heterocycles. The molecule has 1 nitrogen and oxygen atoms in total. The van der Waals surface area contributed by atoms with Gasteiger partial charge >= 0.3 is 0 Å². The Morgan fingerprint density at radius 3 is 2.38 bits per heavy atom. The molecule has 1 saturated carbocycles. The Morgan fingerprint density at radius 2 is 1.92 bits per heavy atom. The summed E-state index contributed by atoms with van der Waals surface area (Å²) in [7, 11) is 0. The van der Waals surface area contributed by atoms with E-state index in [1.165, 1.54) is 32.1 Å². The van der Waals surface area contributed by atoms with Crippen molar-refractivity contribution in [2.24, 2.45) is 11.8 Å². The summed E-state index contributed by atoms with van der Waals surface area (Å²) < 4.78 is 0. The number of rotatable bonds is 2. The predicted molar refractivity (Wildman–Crippen MR) is 55.1 cm³/mol. The van der Waals surface area contributed by atoms with Crippen LogP contribution in [-0.4, -0.2) is 0 Å². The van der Waals surface area contributed by atoms with Crippen LogP contribution < -0.4 is 0 Å². The fourth-order valence-electron chi connectivity index (χ4n) is 1.91. The highest BCUT2D eigenvalue weighted by Crippen LogP contribution is 2.26. The van der Waals surface area contributed by atoms with E-state index in [2.05, 4.69) is 26.0 Å². The second-order valence-electron chi connectivity index (χ2n) is 4.29. The second-order valence-corrected chi connectivity index (χ2v) is 4.29. The Morgan fingerprint density at radius 1 is 1.31 bits per heavy atom. The molecule has 1 rings (SSSR count). The maximum atomic E-state index is 8.91. The topological polar surface area (TPSA) is 23.8 Å². The van der Waals surface area contributed by atoms with Crippen LogP contribution in [0.5, 0.6) is 0 Å². The first kappa shape index (κ1) is 10.3. The van der Waals surface area contributed by atoms with Crippen LogP contribution in [-0.2, 0) is 0 Å². The smallest absolute Gasteiger partial charge is 0.0946 e. The van der Waals surface area contributed by atoms with E-state index < -0.39 is 0 Å². The van der Waals surface area contributed by atoms with Crippen molar-refractivity contribution in [2.45, 2.75) is 46.0 Å². The van der Waals surface area contributed by atoms with Crippen molar-refractivity contribution in [3.05, 3.63) is 11.6 Å². The average molecular weight is 177 g/mol. The molecular formula is C12H19N. The van der Waals surface area contributed by atoms with Gasteiger partial charge in [-0.2, -0.15) is 5.26 Å². The van der Waals surface area contributed by atoms with Gasteiger partial charge < -0.3 is 0 Å². The minimum atomic E-state index is 0.395. The molecule has 0 N–H and O–H groups in total. The predicted octanol–water partition coefficient (Wildman–Crippen LogP) is 3.67. The van der Waals surface area contributed by atoms with Gasteiger partial charge in [-0.15, -0.1) is 0 Å². The van der Waals surface area contributed by atoms with Crippen molar-refractivity contribution in [1.82, 2.24) is 0 Å². The molecular weight excluding hydrogens is 158 g/mol. The van der Waals surface area contributed by atoms with E-state index >= 15 is 0 Å². The molecule has 0 aliphatic heterocycles. The molecule has 0 spiro atoms. The summed E-state index contributed by atoms with van der Waals surface area (Å²) in [5.74, 6) is 1.08. The van der Waals surface area contributed by atoms with Gasteiger partial charge in [-0.25, -0.2) is 0 Å². The first-order chi connectivity index (χ1) is 6.24. The lowest BCUT2D eigenvalue weighted by molar-refractivity contribution is 0.417. The molecule has 0 bridgehead atoms. The number of hydrogen-bond acceptors (Lipinski definition) is 1. The van der Waals surface area contributed by atoms with E-state index in [9.17, 15) is 0 Å². The van der Waals surface area contributed by atoms with Gasteiger partial charge in [0.05, 0.1) is 6.07 Å². The highest BCUT2D eigenvalue weighted by Gasteiger charge is 2.12. The molecule has 13 heavy (non-hydrogen) atoms. The van der Waals surface area contributed by atoms with E-state index in [1.54, 1.807) is 0 Å². The van der Waals surface area contributed by atoms with Gasteiger partial charge in [0, 0.05) is 5.57 Å². The zero-order valence-electron chi connectivity index (χ0n) is 8.71. The zero-order valence-corrected chi connectivity index (χ0v) is 8.71. The molecule has 0 radical (unpaired) electrons. The second kappa shape index (κ2) is 5.07. The molecule has 0 aromatic heterocycles. The Labute approximate surface area is 81.5 Å². The van der Waals surface area contributed by atoms with Gasteiger partial charge in [0.2, 0.25) is 0 Å². The number of hydrogen-bond donors (Lipinski definition) is 0. The maximum absolute atomic E-state index is 8.91. The molecule has 0 aromatic carbocycles. The first-order valence-corrected chi connectivity index (χ1v) is 5.36. The van der Waals surface area contributed by atoms with Crippen LogP contribution in [0.25, 0.3) is 0 Å². The van der Waals surface area contributed by atoms with Crippen LogP contribution >= 0.6 is 0 Å². The Kier molecular flexibility index (Phi) is 4.02. The van der Waals surface area contributed by atoms with Gasteiger partial charge in [0.1, 0.15) is 0 Å². The molecule has 72 valence electrons. The van der Waals surface area contributed by atoms with Crippen molar-refractivity contribution >= 4 is 0 Å². The monoisotopic (exact) mass is 177 g/mol. The fraction of sp³-hybridized carbons (Fsp3) is 0.750. The molecule has 1 fully saturated rings. The average Bonchev–Trinajstić information content (AvgIpc) is 2.15. The first-order valence-electron chi connectivity index (χ1n) is 5.36. The molecule has 1 heteroatoms. The quantitative estimate of drug-likeness (QED) is 0.590. The van der Waals surface area contributed by atoms with E-state index in [4.69, 9.17) is 5.26 Å². The van der Waals surface area contributed by atoms with Gasteiger partial charge in [-0.3, -0.25) is 0 Å². The van der Waals surface area contributed by atoms with Crippen LogP contribution in [0.1, 0.15) is 46.0 Å². The fourth-order valence-corrected chi connectivity index (χ4v) is 1.91. The lowest BCUT2D eigenvalue weighted by Crippen LogP contribution is -2.05. The molecule has 0 unspecified atom stereocenters. The maximum Gasteiger partial charge on any atom is 0.0946 e. The van der Waals surface area contributed by atoms with Gasteiger partial charge in [0.25, 0.3) is 0 Å². The molecule has 0 atom stereocenters. The third kappa shape index (κ3) is 3.22. The SMILES string of the molecule is CC(C)C(C#N)=CC1CCCCC1. The van der Waals surface area contributed by atoms with E-state index in [0.717, 1.165) is 5.57 Å². The normalized spacial score (nSPS) is 20.3. The number of nitriles is 1. The van der Waals surface area contributed by atoms with Crippen molar-refractivity contribution in [2.75, 3.05) is 0 Å². The molecule has 0 amide bonds. The Hall–Kier alpha value is -0.770. The van der Waals surface area contributed by atoms with Gasteiger partial charge in [-0.05, 0) is 24.7 Å². The third-order valence-corrected chi connectivity index (χ3v) is 2.82. The summed E-state index contributed by atoms with van der Waals surface area (Å²) in [6.07, 6.45) is 8.86. The minimum Gasteiger partial charge on any atom is -0.193 e. The minimum absolute atomic E-state index is 0.395. The largest absolute Gasteiger partial charge is 0.193 e. The molecule has 0 aromatic rings. The van der Waals surface area contributed by atoms with Crippen molar-refractivity contribution in [3.8, 4) is 6.07 Å². The Balaban J connectivity index is 2.56. The third-order valence-electron chi connectivity index (χ3n) is 2.82. The Bertz CT molecular complexity index is 214. The lowest BCUT2D eigenvalue weighted by Gasteiger charge is -2.19. The summed E-state index contributed by atoms with van der Waals surface area (Å²) in [5, 5.41) is 8.91. The van der Waals surface area contributed by atoms with Gasteiger partial charge in [0.15, 0.2) is 0 Å². The van der Waals surface area contributed by atoms with Crippen LogP contribution in [0, 0.1) is 23.2 Å². The van der Waals surface area contributed by atoms with Crippen molar-refractivity contribution in [3.63, 3.8) is 0 Å². The lowest BCUT2D eigenvalue weighted by atomic mass is 9.86. The highest BCUT2D eigenvalue weighted by atomic mass is 14.3. The number of nitrogens with zero attached hydrogens (tertiary/aromatic N) is 1. The summed E-state index contributed by atoms with van der Waals surface area (Å²) in [6.45, 7) is 4.19. The van der Waals surface area contributed by atoms with E-state index in [0.29, 0.717) is 11.8 Å². The number of allylic oxidation sites excluding steroid dienone is 2. The van der Waals surface area contributed by atoms with Gasteiger partial charge in [-0.1, -0.05) is 39.2 Å². The standard InChI is InChI=1S/C12H19N/c1-10(2)12(9-13)8-11-6-4-3-5-7-11/h8,10-11H,3-7H2,1-2H3. The van der Waals surface area contributed by atoms with Crippen molar-refractivity contribution in [1.29, 1.82) is 5.26 Å². The van der Waals surface area contributed by atoms with Crippen LogP contribution in [0.4, 0.5) is 0 Å². The summed E-state index contributed by atoms with van der Waals surface area (Å²) in [6, 6.07) is 2.31. The van der Waals surface area contributed by atoms with E-state index in [-0.39, 0.29) is 0 Å². The summed E-state index contributed by atoms with van der Waals surface area (Å²) in [4.78, 5) is 0.